The molecule has 3 heterocycles. The van der Waals surface area contributed by atoms with E-state index >= 15 is 0 Å². The van der Waals surface area contributed by atoms with Gasteiger partial charge >= 0.3 is 0 Å². The largest absolute Gasteiger partial charge is 0.383 e. The molecule has 0 atom stereocenters. The minimum atomic E-state index is 0.658. The van der Waals surface area contributed by atoms with E-state index in [-0.39, 0.29) is 0 Å². The molecule has 0 aliphatic carbocycles. The van der Waals surface area contributed by atoms with Gasteiger partial charge in [-0.3, -0.25) is 9.08 Å². The highest BCUT2D eigenvalue weighted by atomic mass is 15.3. The standard InChI is InChI=1S/C14H17N5/c1-3-5-18-9-11(8-16-18)13-14(15)19-6-4-10(2)7-12(19)17-13/h4,6-9H,3,5,15H2,1-2H3. The zero-order valence-electron chi connectivity index (χ0n) is 11.2. The Bertz CT molecular complexity index is 723. The van der Waals surface area contributed by atoms with E-state index in [9.17, 15) is 0 Å². The van der Waals surface area contributed by atoms with Gasteiger partial charge in [-0.15, -0.1) is 0 Å². The summed E-state index contributed by atoms with van der Waals surface area (Å²) in [5, 5.41) is 4.32. The Morgan fingerprint density at radius 3 is 3.00 bits per heavy atom. The number of aryl methyl sites for hydroxylation is 2. The second-order valence-corrected chi connectivity index (χ2v) is 4.77. The van der Waals surface area contributed by atoms with Gasteiger partial charge in [0.1, 0.15) is 17.2 Å². The number of hydrogen-bond donors (Lipinski definition) is 1. The number of nitrogens with zero attached hydrogens (tertiary/aromatic N) is 4. The quantitative estimate of drug-likeness (QED) is 0.782. The van der Waals surface area contributed by atoms with Crippen LogP contribution in [0.3, 0.4) is 0 Å². The molecular formula is C14H17N5. The molecule has 5 heteroatoms. The molecule has 0 bridgehead atoms. The molecule has 0 unspecified atom stereocenters. The second kappa shape index (κ2) is 4.42. The minimum Gasteiger partial charge on any atom is -0.383 e. The Balaban J connectivity index is 2.10. The lowest BCUT2D eigenvalue weighted by atomic mass is 10.2. The first-order chi connectivity index (χ1) is 9.19. The third-order valence-electron chi connectivity index (χ3n) is 3.18. The van der Waals surface area contributed by atoms with E-state index in [1.54, 1.807) is 0 Å². The summed E-state index contributed by atoms with van der Waals surface area (Å²) >= 11 is 0. The zero-order chi connectivity index (χ0) is 13.4. The lowest BCUT2D eigenvalue weighted by molar-refractivity contribution is 0.603. The Morgan fingerprint density at radius 1 is 1.37 bits per heavy atom. The molecule has 3 rings (SSSR count). The monoisotopic (exact) mass is 255 g/mol. The molecule has 3 aromatic rings. The molecule has 0 saturated heterocycles. The van der Waals surface area contributed by atoms with Gasteiger partial charge in [-0.25, -0.2) is 4.98 Å². The van der Waals surface area contributed by atoms with E-state index in [0.29, 0.717) is 5.82 Å². The fourth-order valence-electron chi connectivity index (χ4n) is 2.22. The number of hydrogen-bond acceptors (Lipinski definition) is 3. The summed E-state index contributed by atoms with van der Waals surface area (Å²) in [4.78, 5) is 4.60. The van der Waals surface area contributed by atoms with Gasteiger partial charge in [0.2, 0.25) is 0 Å². The summed E-state index contributed by atoms with van der Waals surface area (Å²) in [5.74, 6) is 0.658. The molecule has 0 saturated carbocycles. The van der Waals surface area contributed by atoms with Crippen LogP contribution in [0.5, 0.6) is 0 Å². The van der Waals surface area contributed by atoms with Crippen molar-refractivity contribution in [3.8, 4) is 11.3 Å². The predicted octanol–water partition coefficient (Wildman–Crippen LogP) is 2.50. The number of anilines is 1. The molecule has 98 valence electrons. The summed E-state index contributed by atoms with van der Waals surface area (Å²) < 4.78 is 3.82. The van der Waals surface area contributed by atoms with Crippen LogP contribution in [0.15, 0.2) is 30.7 Å². The smallest absolute Gasteiger partial charge is 0.139 e. The number of rotatable bonds is 3. The van der Waals surface area contributed by atoms with Crippen molar-refractivity contribution in [2.24, 2.45) is 0 Å². The molecule has 0 amide bonds. The van der Waals surface area contributed by atoms with E-state index in [1.165, 1.54) is 5.56 Å². The highest BCUT2D eigenvalue weighted by Crippen LogP contribution is 2.26. The van der Waals surface area contributed by atoms with E-state index in [0.717, 1.165) is 29.9 Å². The van der Waals surface area contributed by atoms with E-state index in [2.05, 4.69) is 17.0 Å². The lowest BCUT2D eigenvalue weighted by Gasteiger charge is -1.97. The van der Waals surface area contributed by atoms with Crippen LogP contribution >= 0.6 is 0 Å². The van der Waals surface area contributed by atoms with Crippen molar-refractivity contribution in [1.29, 1.82) is 0 Å². The topological polar surface area (TPSA) is 61.1 Å². The molecule has 0 spiro atoms. The maximum atomic E-state index is 6.17. The maximum Gasteiger partial charge on any atom is 0.139 e. The van der Waals surface area contributed by atoms with Gasteiger partial charge in [0, 0.05) is 24.5 Å². The Kier molecular flexibility index (Phi) is 2.74. The van der Waals surface area contributed by atoms with Crippen LogP contribution < -0.4 is 5.73 Å². The van der Waals surface area contributed by atoms with Crippen LogP contribution in [0.4, 0.5) is 5.82 Å². The number of nitrogens with two attached hydrogens (primary N) is 1. The third kappa shape index (κ3) is 1.97. The van der Waals surface area contributed by atoms with E-state index < -0.39 is 0 Å². The summed E-state index contributed by atoms with van der Waals surface area (Å²) in [6.45, 7) is 5.08. The van der Waals surface area contributed by atoms with Crippen LogP contribution in [0.1, 0.15) is 18.9 Å². The maximum absolute atomic E-state index is 6.17. The first-order valence-corrected chi connectivity index (χ1v) is 6.46. The van der Waals surface area contributed by atoms with Crippen LogP contribution in [0.2, 0.25) is 0 Å². The van der Waals surface area contributed by atoms with Crippen molar-refractivity contribution in [1.82, 2.24) is 19.2 Å². The number of imidazole rings is 1. The molecule has 0 fully saturated rings. The molecule has 0 aliphatic rings. The van der Waals surface area contributed by atoms with E-state index in [4.69, 9.17) is 5.73 Å². The normalized spacial score (nSPS) is 11.3. The summed E-state index contributed by atoms with van der Waals surface area (Å²) in [7, 11) is 0. The van der Waals surface area contributed by atoms with Crippen molar-refractivity contribution in [2.45, 2.75) is 26.8 Å². The first kappa shape index (κ1) is 11.8. The molecular weight excluding hydrogens is 238 g/mol. The fourth-order valence-corrected chi connectivity index (χ4v) is 2.22. The second-order valence-electron chi connectivity index (χ2n) is 4.77. The van der Waals surface area contributed by atoms with Crippen molar-refractivity contribution in [2.75, 3.05) is 5.73 Å². The van der Waals surface area contributed by atoms with Crippen molar-refractivity contribution >= 4 is 11.5 Å². The van der Waals surface area contributed by atoms with Crippen LogP contribution in [0, 0.1) is 6.92 Å². The Hall–Kier alpha value is -2.30. The SMILES string of the molecule is CCCn1cc(-c2nc3cc(C)ccn3c2N)cn1. The summed E-state index contributed by atoms with van der Waals surface area (Å²) in [5.41, 5.74) is 9.97. The third-order valence-corrected chi connectivity index (χ3v) is 3.18. The van der Waals surface area contributed by atoms with Gasteiger partial charge < -0.3 is 5.73 Å². The van der Waals surface area contributed by atoms with Crippen LogP contribution in [0.25, 0.3) is 16.9 Å². The lowest BCUT2D eigenvalue weighted by Crippen LogP contribution is -1.95. The molecule has 2 N–H and O–H groups in total. The number of nitrogen functional groups attached to an aromatic ring is 1. The molecule has 3 aromatic heterocycles. The molecule has 5 nitrogen and oxygen atoms in total. The predicted molar refractivity (Wildman–Crippen MR) is 75.9 cm³/mol. The number of aromatic nitrogens is 4. The molecule has 0 aliphatic heterocycles. The van der Waals surface area contributed by atoms with Crippen molar-refractivity contribution < 1.29 is 0 Å². The van der Waals surface area contributed by atoms with Gasteiger partial charge in [-0.1, -0.05) is 6.92 Å². The first-order valence-electron chi connectivity index (χ1n) is 6.46. The van der Waals surface area contributed by atoms with Crippen molar-refractivity contribution in [3.63, 3.8) is 0 Å². The highest BCUT2D eigenvalue weighted by molar-refractivity contribution is 5.74. The highest BCUT2D eigenvalue weighted by Gasteiger charge is 2.12. The van der Waals surface area contributed by atoms with Gasteiger partial charge in [-0.05, 0) is 31.0 Å². The van der Waals surface area contributed by atoms with E-state index in [1.807, 2.05) is 46.7 Å². The Labute approximate surface area is 111 Å². The number of pyridine rings is 1. The van der Waals surface area contributed by atoms with Gasteiger partial charge in [0.05, 0.1) is 6.20 Å². The fraction of sp³-hybridized carbons (Fsp3) is 0.286. The van der Waals surface area contributed by atoms with Gasteiger partial charge in [-0.2, -0.15) is 5.10 Å². The molecule has 0 radical (unpaired) electrons. The van der Waals surface area contributed by atoms with Crippen LogP contribution in [-0.2, 0) is 6.54 Å². The molecule has 19 heavy (non-hydrogen) atoms. The zero-order valence-corrected chi connectivity index (χ0v) is 11.2. The molecule has 0 aromatic carbocycles. The average Bonchev–Trinajstić information content (AvgIpc) is 2.95. The average molecular weight is 255 g/mol. The minimum absolute atomic E-state index is 0.658. The summed E-state index contributed by atoms with van der Waals surface area (Å²) in [6, 6.07) is 4.05. The van der Waals surface area contributed by atoms with Crippen LogP contribution in [-0.4, -0.2) is 19.2 Å². The van der Waals surface area contributed by atoms with Gasteiger partial charge in [0.15, 0.2) is 0 Å². The van der Waals surface area contributed by atoms with Crippen molar-refractivity contribution in [3.05, 3.63) is 36.3 Å². The van der Waals surface area contributed by atoms with Gasteiger partial charge in [0.25, 0.3) is 0 Å². The number of fused-ring (bicyclic) bond motifs is 1. The Morgan fingerprint density at radius 2 is 2.21 bits per heavy atom. The summed E-state index contributed by atoms with van der Waals surface area (Å²) in [6.07, 6.45) is 6.82.